The zero-order valence-electron chi connectivity index (χ0n) is 11.0. The fraction of sp³-hybridized carbons (Fsp3) is 0.750. The van der Waals surface area contributed by atoms with Gasteiger partial charge in [-0.1, -0.05) is 20.8 Å². The molecule has 1 atom stereocenters. The van der Waals surface area contributed by atoms with Crippen LogP contribution in [0.4, 0.5) is 0 Å². The van der Waals surface area contributed by atoms with Gasteiger partial charge in [-0.05, 0) is 26.2 Å². The molecule has 16 heavy (non-hydrogen) atoms. The van der Waals surface area contributed by atoms with Gasteiger partial charge in [0.1, 0.15) is 5.41 Å². The van der Waals surface area contributed by atoms with Gasteiger partial charge in [-0.2, -0.15) is 0 Å². The zero-order chi connectivity index (χ0) is 13.1. The highest BCUT2D eigenvalue weighted by Crippen LogP contribution is 2.40. The maximum Gasteiger partial charge on any atom is 0.318 e. The van der Waals surface area contributed by atoms with Gasteiger partial charge < -0.3 is 15.6 Å². The second kappa shape index (κ2) is 4.76. The summed E-state index contributed by atoms with van der Waals surface area (Å²) in [6, 6.07) is 0. The van der Waals surface area contributed by atoms with E-state index in [2.05, 4.69) is 0 Å². The first-order valence-electron chi connectivity index (χ1n) is 5.40. The van der Waals surface area contributed by atoms with Gasteiger partial charge in [0, 0.05) is 0 Å². The molecule has 2 N–H and O–H groups in total. The number of nitrogens with one attached hydrogen (secondary N) is 2. The van der Waals surface area contributed by atoms with Crippen molar-refractivity contribution in [3.05, 3.63) is 0 Å². The predicted octanol–water partition coefficient (Wildman–Crippen LogP) is 2.66. The number of ether oxygens (including phenoxy) is 1. The highest BCUT2D eigenvalue weighted by Gasteiger charge is 2.49. The minimum Gasteiger partial charge on any atom is -0.465 e. The summed E-state index contributed by atoms with van der Waals surface area (Å²) in [5.74, 6) is -0.431. The van der Waals surface area contributed by atoms with Crippen molar-refractivity contribution in [2.24, 2.45) is 10.8 Å². The Morgan fingerprint density at radius 3 is 1.88 bits per heavy atom. The maximum atomic E-state index is 12.0. The lowest BCUT2D eigenvalue weighted by Crippen LogP contribution is -2.49. The fourth-order valence-electron chi connectivity index (χ4n) is 1.43. The Kier molecular flexibility index (Phi) is 4.41. The lowest BCUT2D eigenvalue weighted by atomic mass is 9.64. The standard InChI is InChI=1S/C12H22N2O2/c1-7-16-10(15)12(6,11(3,4)5)9(14)8(2)13/h13-14H,7H2,1-6H3. The molecule has 0 amide bonds. The van der Waals surface area contributed by atoms with Gasteiger partial charge in [0.05, 0.1) is 18.0 Å². The number of rotatable bonds is 4. The lowest BCUT2D eigenvalue weighted by Gasteiger charge is -2.39. The third kappa shape index (κ3) is 2.49. The molecule has 0 heterocycles. The molecule has 0 aliphatic rings. The summed E-state index contributed by atoms with van der Waals surface area (Å²) in [5, 5.41) is 15.5. The number of carbonyl (C=O) groups is 1. The third-order valence-electron chi connectivity index (χ3n) is 3.06. The smallest absolute Gasteiger partial charge is 0.318 e. The summed E-state index contributed by atoms with van der Waals surface area (Å²) < 4.78 is 5.03. The van der Waals surface area contributed by atoms with E-state index in [-0.39, 0.29) is 18.0 Å². The Labute approximate surface area is 97.4 Å². The molecule has 0 bridgehead atoms. The van der Waals surface area contributed by atoms with Crippen LogP contribution < -0.4 is 0 Å². The van der Waals surface area contributed by atoms with Gasteiger partial charge in [-0.25, -0.2) is 0 Å². The number of hydrogen-bond acceptors (Lipinski definition) is 4. The van der Waals surface area contributed by atoms with E-state index < -0.39 is 16.8 Å². The van der Waals surface area contributed by atoms with Crippen LogP contribution in [0.3, 0.4) is 0 Å². The first kappa shape index (κ1) is 14.8. The molecule has 0 radical (unpaired) electrons. The molecular formula is C12H22N2O2. The van der Waals surface area contributed by atoms with Gasteiger partial charge in [0.2, 0.25) is 0 Å². The molecule has 0 spiro atoms. The molecule has 1 unspecified atom stereocenters. The van der Waals surface area contributed by atoms with E-state index in [0.717, 1.165) is 0 Å². The van der Waals surface area contributed by atoms with Crippen LogP contribution in [0.5, 0.6) is 0 Å². The van der Waals surface area contributed by atoms with Gasteiger partial charge in [-0.15, -0.1) is 0 Å². The van der Waals surface area contributed by atoms with Crippen molar-refractivity contribution in [3.63, 3.8) is 0 Å². The SMILES string of the molecule is CCOC(=O)C(C)(C(=N)C(C)=N)C(C)(C)C. The highest BCUT2D eigenvalue weighted by molar-refractivity contribution is 6.44. The highest BCUT2D eigenvalue weighted by atomic mass is 16.5. The van der Waals surface area contributed by atoms with Crippen LogP contribution in [0.2, 0.25) is 0 Å². The molecule has 4 nitrogen and oxygen atoms in total. The summed E-state index contributed by atoms with van der Waals surface area (Å²) in [6.07, 6.45) is 0. The zero-order valence-corrected chi connectivity index (χ0v) is 11.0. The van der Waals surface area contributed by atoms with Crippen molar-refractivity contribution in [2.75, 3.05) is 6.61 Å². The molecule has 0 rings (SSSR count). The molecule has 0 aromatic rings. The van der Waals surface area contributed by atoms with Crippen LogP contribution in [0.25, 0.3) is 0 Å². The van der Waals surface area contributed by atoms with E-state index in [9.17, 15) is 4.79 Å². The Balaban J connectivity index is 5.46. The molecule has 0 saturated heterocycles. The largest absolute Gasteiger partial charge is 0.465 e. The maximum absolute atomic E-state index is 12.0. The number of hydrogen-bond donors (Lipinski definition) is 2. The number of carbonyl (C=O) groups excluding carboxylic acids is 1. The summed E-state index contributed by atoms with van der Waals surface area (Å²) in [4.78, 5) is 12.0. The molecule has 4 heteroatoms. The molecule has 0 aromatic carbocycles. The van der Waals surface area contributed by atoms with Gasteiger partial charge in [0.15, 0.2) is 0 Å². The lowest BCUT2D eigenvalue weighted by molar-refractivity contribution is -0.155. The molecule has 0 saturated carbocycles. The summed E-state index contributed by atoms with van der Waals surface area (Å²) in [5.41, 5.74) is -1.41. The van der Waals surface area contributed by atoms with Gasteiger partial charge >= 0.3 is 5.97 Å². The summed E-state index contributed by atoms with van der Waals surface area (Å²) in [7, 11) is 0. The predicted molar refractivity (Wildman–Crippen MR) is 65.3 cm³/mol. The van der Waals surface area contributed by atoms with Crippen LogP contribution >= 0.6 is 0 Å². The van der Waals surface area contributed by atoms with Crippen molar-refractivity contribution in [3.8, 4) is 0 Å². The Morgan fingerprint density at radius 2 is 1.62 bits per heavy atom. The van der Waals surface area contributed by atoms with E-state index in [0.29, 0.717) is 0 Å². The average molecular weight is 226 g/mol. The quantitative estimate of drug-likeness (QED) is 0.571. The summed E-state index contributed by atoms with van der Waals surface area (Å²) in [6.45, 7) is 10.8. The molecule has 0 aliphatic carbocycles. The van der Waals surface area contributed by atoms with Gasteiger partial charge in [0.25, 0.3) is 0 Å². The fourth-order valence-corrected chi connectivity index (χ4v) is 1.43. The van der Waals surface area contributed by atoms with Crippen LogP contribution in [-0.2, 0) is 9.53 Å². The monoisotopic (exact) mass is 226 g/mol. The molecule has 0 aliphatic heterocycles. The second-order valence-corrected chi connectivity index (χ2v) is 5.10. The Hall–Kier alpha value is -1.19. The van der Waals surface area contributed by atoms with Crippen molar-refractivity contribution in [1.29, 1.82) is 10.8 Å². The van der Waals surface area contributed by atoms with Crippen LogP contribution in [0, 0.1) is 21.6 Å². The van der Waals surface area contributed by atoms with Crippen LogP contribution in [-0.4, -0.2) is 24.0 Å². The molecule has 0 fully saturated rings. The minimum absolute atomic E-state index is 0.0263. The van der Waals surface area contributed by atoms with Crippen LogP contribution in [0.1, 0.15) is 41.5 Å². The minimum atomic E-state index is -1.07. The molecule has 0 aromatic heterocycles. The topological polar surface area (TPSA) is 74.0 Å². The summed E-state index contributed by atoms with van der Waals surface area (Å²) >= 11 is 0. The normalized spacial score (nSPS) is 15.1. The Bertz CT molecular complexity index is 315. The van der Waals surface area contributed by atoms with E-state index in [1.54, 1.807) is 13.8 Å². The van der Waals surface area contributed by atoms with Crippen molar-refractivity contribution in [2.45, 2.75) is 41.5 Å². The second-order valence-electron chi connectivity index (χ2n) is 5.10. The number of esters is 1. The first-order valence-corrected chi connectivity index (χ1v) is 5.40. The average Bonchev–Trinajstić information content (AvgIpc) is 2.13. The Morgan fingerprint density at radius 1 is 1.19 bits per heavy atom. The van der Waals surface area contributed by atoms with E-state index in [1.165, 1.54) is 6.92 Å². The molecule has 92 valence electrons. The van der Waals surface area contributed by atoms with Crippen LogP contribution in [0.15, 0.2) is 0 Å². The van der Waals surface area contributed by atoms with Crippen molar-refractivity contribution in [1.82, 2.24) is 0 Å². The van der Waals surface area contributed by atoms with Crippen molar-refractivity contribution < 1.29 is 9.53 Å². The van der Waals surface area contributed by atoms with E-state index in [4.69, 9.17) is 15.6 Å². The third-order valence-corrected chi connectivity index (χ3v) is 3.06. The van der Waals surface area contributed by atoms with Gasteiger partial charge in [-0.3, -0.25) is 4.79 Å². The van der Waals surface area contributed by atoms with E-state index in [1.807, 2.05) is 20.8 Å². The van der Waals surface area contributed by atoms with E-state index >= 15 is 0 Å². The molecular weight excluding hydrogens is 204 g/mol. The van der Waals surface area contributed by atoms with Crippen molar-refractivity contribution >= 4 is 17.4 Å². The first-order chi connectivity index (χ1) is 7.09.